The Morgan fingerprint density at radius 1 is 0.783 bits per heavy atom. The molecule has 116 valence electrons. The third-order valence-electron chi connectivity index (χ3n) is 4.12. The quantitative estimate of drug-likeness (QED) is 0.504. The van der Waals surface area contributed by atoms with Gasteiger partial charge >= 0.3 is 0 Å². The Morgan fingerprint density at radius 2 is 1.30 bits per heavy atom. The van der Waals surface area contributed by atoms with Crippen LogP contribution in [-0.2, 0) is 6.42 Å². The van der Waals surface area contributed by atoms with Crippen molar-refractivity contribution in [3.8, 4) is 22.3 Å². The Bertz CT molecular complexity index is 818. The molecule has 0 aromatic heterocycles. The zero-order chi connectivity index (χ0) is 16.4. The van der Waals surface area contributed by atoms with E-state index in [0.717, 1.165) is 28.7 Å². The Kier molecular flexibility index (Phi) is 4.49. The van der Waals surface area contributed by atoms with Crippen molar-refractivity contribution in [1.82, 2.24) is 0 Å². The Hall–Kier alpha value is -2.12. The lowest BCUT2D eigenvalue weighted by Crippen LogP contribution is -1.91. The van der Waals surface area contributed by atoms with Crippen molar-refractivity contribution >= 4 is 11.6 Å². The maximum atomic E-state index is 14.5. The van der Waals surface area contributed by atoms with Crippen LogP contribution in [0.15, 0.2) is 60.7 Å². The number of rotatable bonds is 3. The van der Waals surface area contributed by atoms with Crippen molar-refractivity contribution in [3.63, 3.8) is 0 Å². The van der Waals surface area contributed by atoms with Gasteiger partial charge in [0.25, 0.3) is 0 Å². The van der Waals surface area contributed by atoms with E-state index in [2.05, 4.69) is 31.2 Å². The lowest BCUT2D eigenvalue weighted by molar-refractivity contribution is 0.629. The highest BCUT2D eigenvalue weighted by molar-refractivity contribution is 6.31. The zero-order valence-electron chi connectivity index (χ0n) is 13.2. The zero-order valence-corrected chi connectivity index (χ0v) is 14.0. The van der Waals surface area contributed by atoms with Crippen LogP contribution in [0.25, 0.3) is 22.3 Å². The summed E-state index contributed by atoms with van der Waals surface area (Å²) in [5.74, 6) is -0.339. The van der Waals surface area contributed by atoms with Crippen molar-refractivity contribution in [2.24, 2.45) is 0 Å². The summed E-state index contributed by atoms with van der Waals surface area (Å²) >= 11 is 6.12. The number of halogens is 2. The Morgan fingerprint density at radius 3 is 1.87 bits per heavy atom. The van der Waals surface area contributed by atoms with Crippen molar-refractivity contribution < 1.29 is 4.39 Å². The van der Waals surface area contributed by atoms with E-state index >= 15 is 0 Å². The molecule has 2 heteroatoms. The second-order valence-corrected chi connectivity index (χ2v) is 6.08. The van der Waals surface area contributed by atoms with Crippen LogP contribution in [0.3, 0.4) is 0 Å². The Balaban J connectivity index is 1.97. The summed E-state index contributed by atoms with van der Waals surface area (Å²) in [7, 11) is 0. The third kappa shape index (κ3) is 3.16. The van der Waals surface area contributed by atoms with E-state index in [4.69, 9.17) is 11.6 Å². The van der Waals surface area contributed by atoms with Crippen LogP contribution in [-0.4, -0.2) is 0 Å². The molecule has 0 atom stereocenters. The molecule has 0 radical (unpaired) electrons. The van der Waals surface area contributed by atoms with Gasteiger partial charge in [-0.25, -0.2) is 4.39 Å². The van der Waals surface area contributed by atoms with Crippen molar-refractivity contribution in [3.05, 3.63) is 82.6 Å². The van der Waals surface area contributed by atoms with Crippen LogP contribution >= 0.6 is 11.6 Å². The van der Waals surface area contributed by atoms with Gasteiger partial charge in [-0.15, -0.1) is 0 Å². The second-order valence-electron chi connectivity index (χ2n) is 5.70. The molecule has 0 bridgehead atoms. The third-order valence-corrected chi connectivity index (χ3v) is 4.53. The SMILES string of the molecule is CCc1ccc(-c2ccc(-c3ccc(C)cc3)cc2)c(F)c1Cl. The number of hydrogen-bond donors (Lipinski definition) is 0. The first-order chi connectivity index (χ1) is 11.1. The standard InChI is InChI=1S/C21H18ClF/c1-3-15-12-13-19(21(23)20(15)22)18-10-8-17(9-11-18)16-6-4-14(2)5-7-16/h4-13H,3H2,1-2H3. The molecular weight excluding hydrogens is 307 g/mol. The van der Waals surface area contributed by atoms with E-state index in [9.17, 15) is 4.39 Å². The molecule has 3 rings (SSSR count). The highest BCUT2D eigenvalue weighted by Crippen LogP contribution is 2.32. The fraction of sp³-hybridized carbons (Fsp3) is 0.143. The van der Waals surface area contributed by atoms with Gasteiger partial charge in [0.05, 0.1) is 5.02 Å². The van der Waals surface area contributed by atoms with E-state index in [1.165, 1.54) is 5.56 Å². The van der Waals surface area contributed by atoms with Crippen LogP contribution in [0, 0.1) is 12.7 Å². The number of hydrogen-bond acceptors (Lipinski definition) is 0. The van der Waals surface area contributed by atoms with Crippen molar-refractivity contribution in [2.45, 2.75) is 20.3 Å². The van der Waals surface area contributed by atoms with Crippen molar-refractivity contribution in [2.75, 3.05) is 0 Å². The molecule has 0 saturated heterocycles. The van der Waals surface area contributed by atoms with Gasteiger partial charge in [-0.05, 0) is 35.6 Å². The van der Waals surface area contributed by atoms with Crippen LogP contribution in [0.1, 0.15) is 18.1 Å². The summed E-state index contributed by atoms with van der Waals surface area (Å²) in [5.41, 5.74) is 5.72. The first-order valence-corrected chi connectivity index (χ1v) is 8.12. The van der Waals surface area contributed by atoms with E-state index in [0.29, 0.717) is 5.56 Å². The van der Waals surface area contributed by atoms with Crippen LogP contribution in [0.5, 0.6) is 0 Å². The summed E-state index contributed by atoms with van der Waals surface area (Å²) in [6.07, 6.45) is 0.725. The monoisotopic (exact) mass is 324 g/mol. The topological polar surface area (TPSA) is 0 Å². The fourth-order valence-corrected chi connectivity index (χ4v) is 2.97. The predicted molar refractivity (Wildman–Crippen MR) is 96.4 cm³/mol. The number of aryl methyl sites for hydroxylation is 2. The summed E-state index contributed by atoms with van der Waals surface area (Å²) in [6.45, 7) is 4.04. The highest BCUT2D eigenvalue weighted by Gasteiger charge is 2.12. The van der Waals surface area contributed by atoms with Crippen LogP contribution < -0.4 is 0 Å². The number of benzene rings is 3. The molecule has 0 fully saturated rings. The minimum Gasteiger partial charge on any atom is -0.205 e. The lowest BCUT2D eigenvalue weighted by atomic mass is 9.98. The maximum Gasteiger partial charge on any atom is 0.149 e. The average molecular weight is 325 g/mol. The minimum absolute atomic E-state index is 0.229. The average Bonchev–Trinajstić information content (AvgIpc) is 2.58. The smallest absolute Gasteiger partial charge is 0.149 e. The first kappa shape index (κ1) is 15.8. The Labute approximate surface area is 141 Å². The van der Waals surface area contributed by atoms with Gasteiger partial charge in [0.2, 0.25) is 0 Å². The maximum absolute atomic E-state index is 14.5. The second kappa shape index (κ2) is 6.55. The molecule has 0 unspecified atom stereocenters. The molecule has 0 N–H and O–H groups in total. The lowest BCUT2D eigenvalue weighted by Gasteiger charge is -2.09. The molecule has 0 heterocycles. The van der Waals surface area contributed by atoms with Gasteiger partial charge in [-0.2, -0.15) is 0 Å². The summed E-state index contributed by atoms with van der Waals surface area (Å²) < 4.78 is 14.5. The van der Waals surface area contributed by atoms with Gasteiger partial charge in [0.15, 0.2) is 0 Å². The molecule has 0 aliphatic rings. The molecule has 3 aromatic rings. The van der Waals surface area contributed by atoms with E-state index in [1.807, 2.05) is 37.3 Å². The van der Waals surface area contributed by atoms with Gasteiger partial charge in [0, 0.05) is 5.56 Å². The molecule has 0 amide bonds. The first-order valence-electron chi connectivity index (χ1n) is 7.74. The molecule has 0 spiro atoms. The van der Waals surface area contributed by atoms with Gasteiger partial charge < -0.3 is 0 Å². The molecule has 23 heavy (non-hydrogen) atoms. The molecule has 0 saturated carbocycles. The largest absolute Gasteiger partial charge is 0.205 e. The summed E-state index contributed by atoms with van der Waals surface area (Å²) in [6, 6.07) is 20.0. The van der Waals surface area contributed by atoms with E-state index < -0.39 is 0 Å². The molecule has 0 nitrogen and oxygen atoms in total. The fourth-order valence-electron chi connectivity index (χ4n) is 2.67. The molecule has 0 aliphatic carbocycles. The van der Waals surface area contributed by atoms with Crippen LogP contribution in [0.2, 0.25) is 5.02 Å². The molecule has 0 aliphatic heterocycles. The summed E-state index contributed by atoms with van der Waals surface area (Å²) in [5, 5.41) is 0.229. The van der Waals surface area contributed by atoms with E-state index in [-0.39, 0.29) is 10.8 Å². The normalized spacial score (nSPS) is 10.8. The highest BCUT2D eigenvalue weighted by atomic mass is 35.5. The van der Waals surface area contributed by atoms with Gasteiger partial charge in [-0.3, -0.25) is 0 Å². The van der Waals surface area contributed by atoms with Gasteiger partial charge in [-0.1, -0.05) is 84.8 Å². The summed E-state index contributed by atoms with van der Waals surface area (Å²) in [4.78, 5) is 0. The van der Waals surface area contributed by atoms with Crippen molar-refractivity contribution in [1.29, 1.82) is 0 Å². The van der Waals surface area contributed by atoms with Crippen LogP contribution in [0.4, 0.5) is 4.39 Å². The predicted octanol–water partition coefficient (Wildman–Crippen LogP) is 6.68. The minimum atomic E-state index is -0.339. The van der Waals surface area contributed by atoms with E-state index in [1.54, 1.807) is 6.07 Å². The molecular formula is C21H18ClF. The molecule has 3 aromatic carbocycles. The van der Waals surface area contributed by atoms with Gasteiger partial charge in [0.1, 0.15) is 5.82 Å².